The molecule has 0 aromatic heterocycles. The summed E-state index contributed by atoms with van der Waals surface area (Å²) in [5.41, 5.74) is 16.9. The average molecular weight is 1070 g/mol. The molecule has 0 saturated carbocycles. The van der Waals surface area contributed by atoms with E-state index < -0.39 is 151 Å². The lowest BCUT2D eigenvalue weighted by molar-refractivity contribution is -0.143. The first-order valence-corrected chi connectivity index (χ1v) is 26.2. The van der Waals surface area contributed by atoms with Crippen molar-refractivity contribution in [2.24, 2.45) is 45.9 Å². The molecule has 74 heavy (non-hydrogen) atoms. The molecule has 422 valence electrons. The Morgan fingerprint density at radius 2 is 0.892 bits per heavy atom. The van der Waals surface area contributed by atoms with Crippen LogP contribution in [-0.2, 0) is 52.7 Å². The molecule has 0 rings (SSSR count). The molecule has 10 atom stereocenters. The van der Waals surface area contributed by atoms with Crippen LogP contribution in [0.15, 0.2) is 4.99 Å². The quantitative estimate of drug-likeness (QED) is 0.0194. The lowest BCUT2D eigenvalue weighted by atomic mass is 9.98. The first-order valence-electron chi connectivity index (χ1n) is 24.8. The van der Waals surface area contributed by atoms with Crippen molar-refractivity contribution in [1.82, 2.24) is 42.5 Å². The minimum atomic E-state index is -1.61. The number of thioether (sulfide) groups is 1. The van der Waals surface area contributed by atoms with E-state index in [1.54, 1.807) is 48.5 Å². The van der Waals surface area contributed by atoms with Gasteiger partial charge in [-0.2, -0.15) is 11.8 Å². The third-order valence-corrected chi connectivity index (χ3v) is 12.2. The van der Waals surface area contributed by atoms with Crippen LogP contribution in [0.25, 0.3) is 0 Å². The standard InChI is InChI=1S/C47H84N12O14S/c1-11-26(8)36(48)45(71)56-31(18-20-74-10)41(67)58-33(22-24(4)5)44(70)54-29(14-16-34(60)61)39(65)52-27(9)38(64)57-32(21-23(2)3)43(69)55-30(15-17-35(62)63)40(66)53-28(13-12-19-51-47(49)50)42(68)59-37(25(6)7)46(72)73/h23-33,36-37H,11-22,48H2,1-10H3,(H,52,65)(H,53,66)(H,54,70)(H,55,69)(H,56,71)(H,57,64)(H,58,67)(H,59,68)(H,60,61)(H,62,63)(H,72,73)(H4,49,50,51)/t26-,27-,28-,29-,30-,31-,32-,33-,36-,37-/m0/s1. The van der Waals surface area contributed by atoms with Gasteiger partial charge < -0.3 is 75.1 Å². The third kappa shape index (κ3) is 27.2. The van der Waals surface area contributed by atoms with Crippen molar-refractivity contribution in [2.75, 3.05) is 18.6 Å². The average Bonchev–Trinajstić information content (AvgIpc) is 3.30. The highest BCUT2D eigenvalue weighted by Crippen LogP contribution is 2.13. The molecule has 0 aliphatic heterocycles. The van der Waals surface area contributed by atoms with Gasteiger partial charge >= 0.3 is 17.9 Å². The Morgan fingerprint density at radius 3 is 1.28 bits per heavy atom. The van der Waals surface area contributed by atoms with E-state index in [1.165, 1.54) is 18.7 Å². The summed E-state index contributed by atoms with van der Waals surface area (Å²) in [5.74, 6) is -11.8. The van der Waals surface area contributed by atoms with E-state index in [1.807, 2.05) is 13.2 Å². The normalized spacial score (nSPS) is 15.3. The van der Waals surface area contributed by atoms with Crippen LogP contribution < -0.4 is 59.7 Å². The van der Waals surface area contributed by atoms with Gasteiger partial charge in [-0.3, -0.25) is 52.9 Å². The van der Waals surface area contributed by atoms with Crippen molar-refractivity contribution in [3.8, 4) is 0 Å². The van der Waals surface area contributed by atoms with Crippen LogP contribution in [0.5, 0.6) is 0 Å². The molecular formula is C47H84N12O14S. The topological polar surface area (TPSA) is 435 Å². The lowest BCUT2D eigenvalue weighted by Gasteiger charge is -2.28. The Bertz CT molecular complexity index is 1940. The number of amides is 8. The van der Waals surface area contributed by atoms with E-state index >= 15 is 0 Å². The number of aliphatic carboxylic acids is 3. The summed E-state index contributed by atoms with van der Waals surface area (Å²) in [5, 5.41) is 48.8. The number of carbonyl (C=O) groups excluding carboxylic acids is 8. The number of carboxylic acid groups (broad SMARTS) is 3. The fraction of sp³-hybridized carbons (Fsp3) is 0.745. The minimum absolute atomic E-state index is 0.0245. The van der Waals surface area contributed by atoms with Gasteiger partial charge in [0.15, 0.2) is 5.96 Å². The molecule has 26 nitrogen and oxygen atoms in total. The van der Waals surface area contributed by atoms with Gasteiger partial charge in [-0.05, 0) is 87.5 Å². The summed E-state index contributed by atoms with van der Waals surface area (Å²) >= 11 is 1.43. The Kier molecular flexibility index (Phi) is 32.1. The number of carbonyl (C=O) groups is 11. The van der Waals surface area contributed by atoms with Gasteiger partial charge in [-0.25, -0.2) is 4.79 Å². The molecule has 0 aromatic carbocycles. The highest BCUT2D eigenvalue weighted by atomic mass is 32.2. The maximum Gasteiger partial charge on any atom is 0.326 e. The van der Waals surface area contributed by atoms with Crippen molar-refractivity contribution < 1.29 is 68.1 Å². The number of guanidine groups is 1. The van der Waals surface area contributed by atoms with E-state index in [-0.39, 0.29) is 62.4 Å². The summed E-state index contributed by atoms with van der Waals surface area (Å²) in [6, 6.07) is -12.0. The Labute approximate surface area is 437 Å². The van der Waals surface area contributed by atoms with E-state index in [9.17, 15) is 68.1 Å². The second-order valence-corrected chi connectivity index (χ2v) is 20.4. The maximum atomic E-state index is 13.9. The van der Waals surface area contributed by atoms with E-state index in [2.05, 4.69) is 47.5 Å². The summed E-state index contributed by atoms with van der Waals surface area (Å²) in [6.45, 7) is 15.0. The minimum Gasteiger partial charge on any atom is -0.481 e. The number of nitrogens with zero attached hydrogens (tertiary/aromatic N) is 1. The molecule has 0 heterocycles. The van der Waals surface area contributed by atoms with Gasteiger partial charge in [0, 0.05) is 19.4 Å². The maximum absolute atomic E-state index is 13.9. The van der Waals surface area contributed by atoms with Crippen molar-refractivity contribution in [1.29, 1.82) is 0 Å². The van der Waals surface area contributed by atoms with Crippen molar-refractivity contribution in [3.05, 3.63) is 0 Å². The van der Waals surface area contributed by atoms with Crippen LogP contribution in [-0.4, -0.2) is 159 Å². The fourth-order valence-electron chi connectivity index (χ4n) is 7.07. The first-order chi connectivity index (χ1) is 34.4. The zero-order valence-corrected chi connectivity index (χ0v) is 45.2. The van der Waals surface area contributed by atoms with Crippen LogP contribution in [0.3, 0.4) is 0 Å². The first kappa shape index (κ1) is 67.8. The molecule has 0 saturated heterocycles. The summed E-state index contributed by atoms with van der Waals surface area (Å²) < 4.78 is 0. The number of nitrogens with one attached hydrogen (secondary N) is 8. The number of rotatable bonds is 37. The fourth-order valence-corrected chi connectivity index (χ4v) is 7.54. The van der Waals surface area contributed by atoms with Crippen molar-refractivity contribution in [2.45, 2.75) is 181 Å². The Balaban J connectivity index is 6.56. The van der Waals surface area contributed by atoms with Crippen molar-refractivity contribution in [3.63, 3.8) is 0 Å². The number of hydrogen-bond donors (Lipinski definition) is 14. The second-order valence-electron chi connectivity index (χ2n) is 19.4. The monoisotopic (exact) mass is 1070 g/mol. The van der Waals surface area contributed by atoms with Gasteiger partial charge in [-0.1, -0.05) is 61.8 Å². The molecule has 27 heteroatoms. The summed E-state index contributed by atoms with van der Waals surface area (Å²) in [6.07, 6.45) is 0.502. The third-order valence-electron chi connectivity index (χ3n) is 11.6. The Hall–Kier alpha value is -6.25. The SMILES string of the molecule is CC[C@H](C)[C@H](N)C(=O)N[C@@H](CCSC)C(=O)N[C@@H](CC(C)C)C(=O)N[C@@H](CCC(=O)O)C(=O)N[C@@H](C)C(=O)N[C@@H](CC(C)C)C(=O)N[C@@H](CCC(=O)O)C(=O)N[C@@H](CCCN=C(N)N)C(=O)N[C@H](C(=O)O)C(C)C. The molecule has 0 bridgehead atoms. The second kappa shape index (κ2) is 35.0. The predicted octanol–water partition coefficient (Wildman–Crippen LogP) is -1.37. The van der Waals surface area contributed by atoms with Gasteiger partial charge in [0.1, 0.15) is 48.3 Å². The number of aliphatic imine (C=N–C) groups is 1. The number of carboxylic acids is 3. The van der Waals surface area contributed by atoms with Gasteiger partial charge in [0.05, 0.1) is 6.04 Å². The summed E-state index contributed by atoms with van der Waals surface area (Å²) in [7, 11) is 0. The zero-order valence-electron chi connectivity index (χ0n) is 44.4. The smallest absolute Gasteiger partial charge is 0.326 e. The molecule has 0 aliphatic rings. The number of hydrogen-bond acceptors (Lipinski definition) is 14. The molecule has 0 aromatic rings. The molecule has 0 fully saturated rings. The van der Waals surface area contributed by atoms with Crippen LogP contribution in [0.4, 0.5) is 0 Å². The summed E-state index contributed by atoms with van der Waals surface area (Å²) in [4.78, 5) is 148. The molecule has 0 radical (unpaired) electrons. The van der Waals surface area contributed by atoms with E-state index in [0.29, 0.717) is 12.2 Å². The largest absolute Gasteiger partial charge is 0.481 e. The predicted molar refractivity (Wildman–Crippen MR) is 277 cm³/mol. The Morgan fingerprint density at radius 1 is 0.514 bits per heavy atom. The number of nitrogens with two attached hydrogens (primary N) is 3. The molecular weight excluding hydrogens is 989 g/mol. The molecule has 0 aliphatic carbocycles. The lowest BCUT2D eigenvalue weighted by Crippen LogP contribution is -2.60. The molecule has 0 unspecified atom stereocenters. The molecule has 8 amide bonds. The van der Waals surface area contributed by atoms with E-state index in [4.69, 9.17) is 17.2 Å². The van der Waals surface area contributed by atoms with Gasteiger partial charge in [0.25, 0.3) is 0 Å². The highest BCUT2D eigenvalue weighted by molar-refractivity contribution is 7.98. The molecule has 0 spiro atoms. The van der Waals surface area contributed by atoms with Crippen LogP contribution in [0.1, 0.15) is 127 Å². The van der Waals surface area contributed by atoms with Crippen molar-refractivity contribution >= 4 is 82.9 Å². The van der Waals surface area contributed by atoms with Crippen LogP contribution in [0, 0.1) is 23.7 Å². The van der Waals surface area contributed by atoms with E-state index in [0.717, 1.165) is 0 Å². The highest BCUT2D eigenvalue weighted by Gasteiger charge is 2.35. The van der Waals surface area contributed by atoms with Gasteiger partial charge in [0.2, 0.25) is 47.3 Å². The van der Waals surface area contributed by atoms with Crippen LogP contribution in [0.2, 0.25) is 0 Å². The zero-order chi connectivity index (χ0) is 57.0. The van der Waals surface area contributed by atoms with Crippen LogP contribution >= 0.6 is 11.8 Å². The molecule has 17 N–H and O–H groups in total. The van der Waals surface area contributed by atoms with Gasteiger partial charge in [-0.15, -0.1) is 0 Å².